The normalized spacial score (nSPS) is 17.7. The molecule has 1 aliphatic heterocycles. The highest BCUT2D eigenvalue weighted by molar-refractivity contribution is 9.10. The molecule has 0 saturated carbocycles. The molecule has 2 aromatic heterocycles. The van der Waals surface area contributed by atoms with Gasteiger partial charge in [-0.3, -0.25) is 4.57 Å². The summed E-state index contributed by atoms with van der Waals surface area (Å²) in [7, 11) is 0. The van der Waals surface area contributed by atoms with Crippen LogP contribution in [0.3, 0.4) is 0 Å². The molecule has 1 aliphatic rings. The summed E-state index contributed by atoms with van der Waals surface area (Å²) >= 11 is 3.42. The Morgan fingerprint density at radius 2 is 2.09 bits per heavy atom. The molecule has 1 saturated heterocycles. The first kappa shape index (κ1) is 14.4. The summed E-state index contributed by atoms with van der Waals surface area (Å²) in [4.78, 5) is 13.1. The number of nitrogen functional groups attached to an aromatic ring is 1. The van der Waals surface area contributed by atoms with Gasteiger partial charge < -0.3 is 15.8 Å². The molecule has 0 aliphatic carbocycles. The van der Waals surface area contributed by atoms with Crippen LogP contribution in [-0.2, 0) is 4.74 Å². The minimum atomic E-state index is -0.0326. The van der Waals surface area contributed by atoms with E-state index in [0.717, 1.165) is 29.6 Å². The number of hydrogen-bond acceptors (Lipinski definition) is 6. The number of anilines is 3. The van der Waals surface area contributed by atoms with E-state index in [4.69, 9.17) is 10.5 Å². The number of aromatic nitrogens is 4. The lowest BCUT2D eigenvalue weighted by Gasteiger charge is -2.12. The fourth-order valence-electron chi connectivity index (χ4n) is 2.68. The molecule has 8 heteroatoms. The fraction of sp³-hybridized carbons (Fsp3) is 0.267. The van der Waals surface area contributed by atoms with E-state index in [1.54, 1.807) is 6.33 Å². The number of benzene rings is 1. The molecule has 3 heterocycles. The van der Waals surface area contributed by atoms with Crippen molar-refractivity contribution in [3.8, 4) is 0 Å². The average molecular weight is 375 g/mol. The van der Waals surface area contributed by atoms with Gasteiger partial charge in [0.1, 0.15) is 6.23 Å². The van der Waals surface area contributed by atoms with Crippen molar-refractivity contribution in [3.05, 3.63) is 35.1 Å². The Morgan fingerprint density at radius 3 is 2.83 bits per heavy atom. The van der Waals surface area contributed by atoms with Gasteiger partial charge in [0.25, 0.3) is 0 Å². The van der Waals surface area contributed by atoms with Crippen LogP contribution in [-0.4, -0.2) is 26.1 Å². The van der Waals surface area contributed by atoms with Crippen molar-refractivity contribution in [2.24, 2.45) is 0 Å². The Hall–Kier alpha value is -2.19. The minimum Gasteiger partial charge on any atom is -0.368 e. The summed E-state index contributed by atoms with van der Waals surface area (Å²) < 4.78 is 8.65. The zero-order valence-electron chi connectivity index (χ0n) is 12.2. The van der Waals surface area contributed by atoms with Crippen LogP contribution in [0.15, 0.2) is 35.1 Å². The summed E-state index contributed by atoms with van der Waals surface area (Å²) in [5.41, 5.74) is 8.14. The van der Waals surface area contributed by atoms with Gasteiger partial charge in [0, 0.05) is 16.8 Å². The van der Waals surface area contributed by atoms with Crippen LogP contribution in [0.4, 0.5) is 17.5 Å². The van der Waals surface area contributed by atoms with E-state index in [1.165, 1.54) is 0 Å². The lowest BCUT2D eigenvalue weighted by atomic mass is 10.3. The van der Waals surface area contributed by atoms with Crippen molar-refractivity contribution in [2.45, 2.75) is 19.1 Å². The van der Waals surface area contributed by atoms with Crippen molar-refractivity contribution in [1.82, 2.24) is 19.5 Å². The molecule has 4 rings (SSSR count). The predicted octanol–water partition coefficient (Wildman–Crippen LogP) is 3.22. The van der Waals surface area contributed by atoms with Gasteiger partial charge in [-0.2, -0.15) is 9.97 Å². The first-order valence-electron chi connectivity index (χ1n) is 7.35. The number of ether oxygens (including phenoxy) is 1. The zero-order valence-corrected chi connectivity index (χ0v) is 13.8. The zero-order chi connectivity index (χ0) is 15.8. The second-order valence-corrected chi connectivity index (χ2v) is 6.27. The Labute approximate surface area is 141 Å². The smallest absolute Gasteiger partial charge is 0.224 e. The van der Waals surface area contributed by atoms with E-state index >= 15 is 0 Å². The third kappa shape index (κ3) is 2.75. The van der Waals surface area contributed by atoms with E-state index in [2.05, 4.69) is 36.2 Å². The number of nitrogens with two attached hydrogens (primary N) is 1. The summed E-state index contributed by atoms with van der Waals surface area (Å²) in [6, 6.07) is 7.81. The van der Waals surface area contributed by atoms with Crippen molar-refractivity contribution >= 4 is 44.5 Å². The molecule has 7 nitrogen and oxygen atoms in total. The molecule has 3 aromatic rings. The second-order valence-electron chi connectivity index (χ2n) is 5.35. The molecule has 0 amide bonds. The van der Waals surface area contributed by atoms with Crippen LogP contribution in [0.25, 0.3) is 11.2 Å². The number of rotatable bonds is 3. The molecule has 0 radical (unpaired) electrons. The van der Waals surface area contributed by atoms with Crippen LogP contribution in [0, 0.1) is 0 Å². The van der Waals surface area contributed by atoms with E-state index in [-0.39, 0.29) is 12.2 Å². The van der Waals surface area contributed by atoms with Gasteiger partial charge in [0.2, 0.25) is 5.95 Å². The van der Waals surface area contributed by atoms with Gasteiger partial charge in [-0.25, -0.2) is 4.98 Å². The maximum atomic E-state index is 5.88. The SMILES string of the molecule is Nc1nc(Nc2ccc(Br)cc2)c2ncn(C3CCCO3)c2n1. The van der Waals surface area contributed by atoms with Crippen LogP contribution >= 0.6 is 15.9 Å². The molecule has 1 atom stereocenters. The van der Waals surface area contributed by atoms with Crippen molar-refractivity contribution in [3.63, 3.8) is 0 Å². The molecule has 118 valence electrons. The maximum Gasteiger partial charge on any atom is 0.224 e. The molecule has 3 N–H and O–H groups in total. The number of halogens is 1. The van der Waals surface area contributed by atoms with Gasteiger partial charge in [0.05, 0.1) is 6.33 Å². The Kier molecular flexibility index (Phi) is 3.62. The molecular weight excluding hydrogens is 360 g/mol. The topological polar surface area (TPSA) is 90.9 Å². The second kappa shape index (κ2) is 5.78. The lowest BCUT2D eigenvalue weighted by Crippen LogP contribution is -2.08. The van der Waals surface area contributed by atoms with E-state index in [9.17, 15) is 0 Å². The first-order valence-corrected chi connectivity index (χ1v) is 8.14. The molecule has 23 heavy (non-hydrogen) atoms. The minimum absolute atomic E-state index is 0.0326. The highest BCUT2D eigenvalue weighted by Gasteiger charge is 2.22. The van der Waals surface area contributed by atoms with Gasteiger partial charge in [-0.05, 0) is 37.1 Å². The monoisotopic (exact) mass is 374 g/mol. The molecule has 1 unspecified atom stereocenters. The Balaban J connectivity index is 1.75. The molecule has 0 spiro atoms. The Morgan fingerprint density at radius 1 is 1.26 bits per heavy atom. The summed E-state index contributed by atoms with van der Waals surface area (Å²) in [6.07, 6.45) is 3.69. The number of hydrogen-bond donors (Lipinski definition) is 2. The van der Waals surface area contributed by atoms with E-state index < -0.39 is 0 Å². The third-order valence-electron chi connectivity index (χ3n) is 3.76. The van der Waals surface area contributed by atoms with Crippen molar-refractivity contribution in [2.75, 3.05) is 17.7 Å². The number of fused-ring (bicyclic) bond motifs is 1. The van der Waals surface area contributed by atoms with Gasteiger partial charge in [0.15, 0.2) is 17.0 Å². The van der Waals surface area contributed by atoms with Crippen LogP contribution in [0.2, 0.25) is 0 Å². The number of nitrogens with zero attached hydrogens (tertiary/aromatic N) is 4. The van der Waals surface area contributed by atoms with E-state index in [0.29, 0.717) is 17.0 Å². The fourth-order valence-corrected chi connectivity index (χ4v) is 2.95. The van der Waals surface area contributed by atoms with Crippen molar-refractivity contribution < 1.29 is 4.74 Å². The molecule has 1 fully saturated rings. The quantitative estimate of drug-likeness (QED) is 0.731. The van der Waals surface area contributed by atoms with Gasteiger partial charge >= 0.3 is 0 Å². The largest absolute Gasteiger partial charge is 0.368 e. The average Bonchev–Trinajstić information content (AvgIpc) is 3.18. The molecule has 1 aromatic carbocycles. The lowest BCUT2D eigenvalue weighted by molar-refractivity contribution is 0.0593. The van der Waals surface area contributed by atoms with Gasteiger partial charge in [-0.1, -0.05) is 15.9 Å². The predicted molar refractivity (Wildman–Crippen MR) is 91.4 cm³/mol. The Bertz CT molecular complexity index is 841. The first-order chi connectivity index (χ1) is 11.2. The molecule has 0 bridgehead atoms. The van der Waals surface area contributed by atoms with Crippen LogP contribution in [0.1, 0.15) is 19.1 Å². The summed E-state index contributed by atoms with van der Waals surface area (Å²) in [5.74, 6) is 0.795. The summed E-state index contributed by atoms with van der Waals surface area (Å²) in [6.45, 7) is 0.759. The summed E-state index contributed by atoms with van der Waals surface area (Å²) in [5, 5.41) is 3.25. The maximum absolute atomic E-state index is 5.88. The highest BCUT2D eigenvalue weighted by atomic mass is 79.9. The van der Waals surface area contributed by atoms with Gasteiger partial charge in [-0.15, -0.1) is 0 Å². The number of imidazole rings is 1. The van der Waals surface area contributed by atoms with E-state index in [1.807, 2.05) is 28.8 Å². The molecular formula is C15H15BrN6O. The van der Waals surface area contributed by atoms with Crippen LogP contribution < -0.4 is 11.1 Å². The third-order valence-corrected chi connectivity index (χ3v) is 4.29. The standard InChI is InChI=1S/C15H15BrN6O/c16-9-3-5-10(6-4-9)19-13-12-14(21-15(17)20-13)22(8-18-12)11-2-1-7-23-11/h3-6,8,11H,1-2,7H2,(H3,17,19,20,21). The van der Waals surface area contributed by atoms with Crippen LogP contribution in [0.5, 0.6) is 0 Å². The number of nitrogens with one attached hydrogen (secondary N) is 1. The highest BCUT2D eigenvalue weighted by Crippen LogP contribution is 2.29. The van der Waals surface area contributed by atoms with Crippen molar-refractivity contribution in [1.29, 1.82) is 0 Å².